The number of aryl methyl sites for hydroxylation is 1. The van der Waals surface area contributed by atoms with Gasteiger partial charge < -0.3 is 11.1 Å². The van der Waals surface area contributed by atoms with Gasteiger partial charge in [-0.3, -0.25) is 4.79 Å². The number of anilines is 3. The topological polar surface area (TPSA) is 188 Å². The van der Waals surface area contributed by atoms with Crippen molar-refractivity contribution in [1.29, 1.82) is 10.5 Å². The molecule has 0 saturated carbocycles. The Kier molecular flexibility index (Phi) is 7.87. The quantitative estimate of drug-likeness (QED) is 0.267. The van der Waals surface area contributed by atoms with E-state index in [0.29, 0.717) is 21.8 Å². The standard InChI is InChI=1S/C24H18N8O3S3/c1-14-8-9-28-24(29-14)32-38(34,35)16-6-4-15(5-7-16)30-20(33)13-37-23-18(12-26)21(19-3-2-10-36-19)17(11-25)22(27)31-23/h2-10H,13H2,1H3,(H2,27,31)(H,30,33)(H,28,29,32). The summed E-state index contributed by atoms with van der Waals surface area (Å²) in [5.41, 5.74) is 7.62. The van der Waals surface area contributed by atoms with Crippen LogP contribution >= 0.6 is 23.1 Å². The first-order chi connectivity index (χ1) is 18.2. The van der Waals surface area contributed by atoms with E-state index in [-0.39, 0.29) is 38.6 Å². The van der Waals surface area contributed by atoms with Gasteiger partial charge in [0.05, 0.1) is 16.2 Å². The fourth-order valence-electron chi connectivity index (χ4n) is 3.30. The number of hydrogen-bond donors (Lipinski definition) is 3. The lowest BCUT2D eigenvalue weighted by Gasteiger charge is -2.12. The Labute approximate surface area is 226 Å². The lowest BCUT2D eigenvalue weighted by atomic mass is 10.0. The summed E-state index contributed by atoms with van der Waals surface area (Å²) in [5, 5.41) is 24.1. The SMILES string of the molecule is Cc1ccnc(NS(=O)(=O)c2ccc(NC(=O)CSc3nc(N)c(C#N)c(-c4cccs4)c3C#N)cc2)n1. The Morgan fingerprint density at radius 3 is 2.47 bits per heavy atom. The third-order valence-corrected chi connectivity index (χ3v) is 8.20. The van der Waals surface area contributed by atoms with Gasteiger partial charge in [-0.2, -0.15) is 10.5 Å². The van der Waals surface area contributed by atoms with Crippen molar-refractivity contribution in [3.63, 3.8) is 0 Å². The molecule has 0 aliphatic rings. The number of carbonyl (C=O) groups is 1. The first-order valence-corrected chi connectivity index (χ1v) is 14.1. The summed E-state index contributed by atoms with van der Waals surface area (Å²) in [7, 11) is -3.93. The molecule has 0 aliphatic heterocycles. The summed E-state index contributed by atoms with van der Waals surface area (Å²) < 4.78 is 27.5. The highest BCUT2D eigenvalue weighted by Crippen LogP contribution is 2.37. The van der Waals surface area contributed by atoms with Gasteiger partial charge in [0.15, 0.2) is 0 Å². The van der Waals surface area contributed by atoms with Crippen molar-refractivity contribution in [2.75, 3.05) is 21.5 Å². The zero-order chi connectivity index (χ0) is 27.3. The highest BCUT2D eigenvalue weighted by atomic mass is 32.2. The summed E-state index contributed by atoms with van der Waals surface area (Å²) in [6, 6.07) is 14.9. The zero-order valence-corrected chi connectivity index (χ0v) is 22.1. The van der Waals surface area contributed by atoms with Gasteiger partial charge in [-0.15, -0.1) is 11.3 Å². The van der Waals surface area contributed by atoms with E-state index in [0.717, 1.165) is 11.8 Å². The minimum Gasteiger partial charge on any atom is -0.383 e. The molecule has 3 aromatic heterocycles. The van der Waals surface area contributed by atoms with E-state index >= 15 is 0 Å². The van der Waals surface area contributed by atoms with Crippen molar-refractivity contribution in [1.82, 2.24) is 15.0 Å². The fraction of sp³-hybridized carbons (Fsp3) is 0.0833. The molecule has 4 aromatic rings. The molecule has 1 amide bonds. The van der Waals surface area contributed by atoms with E-state index in [1.54, 1.807) is 25.1 Å². The first-order valence-electron chi connectivity index (χ1n) is 10.7. The smallest absolute Gasteiger partial charge is 0.264 e. The maximum Gasteiger partial charge on any atom is 0.264 e. The van der Waals surface area contributed by atoms with Crippen LogP contribution in [0.2, 0.25) is 0 Å². The van der Waals surface area contributed by atoms with Crippen LogP contribution in [0.5, 0.6) is 0 Å². The first kappa shape index (κ1) is 26.6. The molecule has 38 heavy (non-hydrogen) atoms. The number of nitriles is 2. The number of sulfonamides is 1. The summed E-state index contributed by atoms with van der Waals surface area (Å²) in [6.07, 6.45) is 1.45. The minimum absolute atomic E-state index is 0.0284. The Balaban J connectivity index is 1.45. The monoisotopic (exact) mass is 562 g/mol. The van der Waals surface area contributed by atoms with E-state index in [1.165, 1.54) is 41.8 Å². The normalized spacial score (nSPS) is 10.8. The maximum atomic E-state index is 12.6. The molecule has 0 bridgehead atoms. The van der Waals surface area contributed by atoms with Gasteiger partial charge in [-0.05, 0) is 48.7 Å². The average molecular weight is 563 g/mol. The van der Waals surface area contributed by atoms with Crippen molar-refractivity contribution in [3.05, 3.63) is 70.9 Å². The van der Waals surface area contributed by atoms with E-state index < -0.39 is 15.9 Å². The number of rotatable bonds is 8. The van der Waals surface area contributed by atoms with E-state index in [1.807, 2.05) is 11.4 Å². The molecule has 4 rings (SSSR count). The van der Waals surface area contributed by atoms with Gasteiger partial charge in [-0.25, -0.2) is 28.1 Å². The van der Waals surface area contributed by atoms with Crippen molar-refractivity contribution >= 4 is 56.5 Å². The van der Waals surface area contributed by atoms with Crippen LogP contribution < -0.4 is 15.8 Å². The van der Waals surface area contributed by atoms with Crippen LogP contribution in [0.1, 0.15) is 16.8 Å². The molecule has 11 nitrogen and oxygen atoms in total. The predicted molar refractivity (Wildman–Crippen MR) is 145 cm³/mol. The molecular weight excluding hydrogens is 545 g/mol. The molecule has 0 fully saturated rings. The molecule has 4 N–H and O–H groups in total. The predicted octanol–water partition coefficient (Wildman–Crippen LogP) is 3.77. The number of nitrogen functional groups attached to an aromatic ring is 1. The van der Waals surface area contributed by atoms with Gasteiger partial charge in [0, 0.05) is 28.0 Å². The molecule has 14 heteroatoms. The van der Waals surface area contributed by atoms with Gasteiger partial charge >= 0.3 is 0 Å². The maximum absolute atomic E-state index is 12.6. The lowest BCUT2D eigenvalue weighted by Crippen LogP contribution is -2.16. The minimum atomic E-state index is -3.93. The molecule has 0 radical (unpaired) electrons. The highest BCUT2D eigenvalue weighted by molar-refractivity contribution is 8.00. The van der Waals surface area contributed by atoms with E-state index in [2.05, 4.69) is 31.1 Å². The van der Waals surface area contributed by atoms with Gasteiger partial charge in [0.25, 0.3) is 10.0 Å². The molecule has 3 heterocycles. The van der Waals surface area contributed by atoms with Gasteiger partial charge in [0.1, 0.15) is 28.5 Å². The summed E-state index contributed by atoms with van der Waals surface area (Å²) in [6.45, 7) is 1.71. The third kappa shape index (κ3) is 5.90. The number of hydrogen-bond acceptors (Lipinski definition) is 11. The molecule has 0 aliphatic carbocycles. The molecular formula is C24H18N8O3S3. The van der Waals surface area contributed by atoms with Gasteiger partial charge in [0.2, 0.25) is 11.9 Å². The molecule has 0 saturated heterocycles. The summed E-state index contributed by atoms with van der Waals surface area (Å²) in [5.74, 6) is -0.596. The van der Waals surface area contributed by atoms with Crippen LogP contribution in [0.4, 0.5) is 17.5 Å². The molecule has 0 spiro atoms. The van der Waals surface area contributed by atoms with E-state index in [4.69, 9.17) is 5.73 Å². The fourth-order valence-corrected chi connectivity index (χ4v) is 5.82. The third-order valence-electron chi connectivity index (χ3n) is 4.99. The van der Waals surface area contributed by atoms with Crippen molar-refractivity contribution in [2.45, 2.75) is 16.8 Å². The Morgan fingerprint density at radius 1 is 1.11 bits per heavy atom. The van der Waals surface area contributed by atoms with Crippen molar-refractivity contribution < 1.29 is 13.2 Å². The Bertz CT molecular complexity index is 1690. The number of thiophene rings is 1. The molecule has 1 aromatic carbocycles. The Morgan fingerprint density at radius 2 is 1.84 bits per heavy atom. The van der Waals surface area contributed by atoms with Crippen LogP contribution in [0, 0.1) is 29.6 Å². The second-order valence-corrected chi connectivity index (χ2v) is 11.2. The second kappa shape index (κ2) is 11.3. The van der Waals surface area contributed by atoms with Crippen LogP contribution in [0.3, 0.4) is 0 Å². The summed E-state index contributed by atoms with van der Waals surface area (Å²) >= 11 is 2.36. The number of nitrogens with two attached hydrogens (primary N) is 1. The number of carbonyl (C=O) groups excluding carboxylic acids is 1. The van der Waals surface area contributed by atoms with Crippen LogP contribution in [-0.2, 0) is 14.8 Å². The van der Waals surface area contributed by atoms with Crippen LogP contribution in [0.25, 0.3) is 10.4 Å². The van der Waals surface area contributed by atoms with E-state index in [9.17, 15) is 23.7 Å². The number of nitrogens with one attached hydrogen (secondary N) is 2. The van der Waals surface area contributed by atoms with Crippen LogP contribution in [0.15, 0.2) is 64.0 Å². The summed E-state index contributed by atoms with van der Waals surface area (Å²) in [4.78, 5) is 25.3. The average Bonchev–Trinajstić information content (AvgIpc) is 3.42. The van der Waals surface area contributed by atoms with Crippen molar-refractivity contribution in [2.24, 2.45) is 0 Å². The number of thioether (sulfide) groups is 1. The number of nitrogens with zero attached hydrogens (tertiary/aromatic N) is 5. The molecule has 0 atom stereocenters. The zero-order valence-electron chi connectivity index (χ0n) is 19.7. The lowest BCUT2D eigenvalue weighted by molar-refractivity contribution is -0.113. The Hall–Kier alpha value is -4.50. The van der Waals surface area contributed by atoms with Gasteiger partial charge in [-0.1, -0.05) is 17.8 Å². The molecule has 0 unspecified atom stereocenters. The largest absolute Gasteiger partial charge is 0.383 e. The molecule has 190 valence electrons. The van der Waals surface area contributed by atoms with Crippen molar-refractivity contribution in [3.8, 4) is 22.6 Å². The number of benzene rings is 1. The number of aromatic nitrogens is 3. The second-order valence-electron chi connectivity index (χ2n) is 7.62. The van der Waals surface area contributed by atoms with Crippen LogP contribution in [-0.4, -0.2) is 35.0 Å². The number of pyridine rings is 1. The number of amides is 1. The highest BCUT2D eigenvalue weighted by Gasteiger charge is 2.22.